The fourth-order valence-electron chi connectivity index (χ4n) is 3.04. The van der Waals surface area contributed by atoms with Crippen molar-refractivity contribution < 1.29 is 29.0 Å². The molecule has 0 saturated carbocycles. The van der Waals surface area contributed by atoms with Gasteiger partial charge in [0.25, 0.3) is 0 Å². The van der Waals surface area contributed by atoms with Crippen LogP contribution in [0.2, 0.25) is 0 Å². The molecule has 2 unspecified atom stereocenters. The number of Topliss-reactive ketones (excluding diaryl/α,β-unsaturated/α-hetero) is 1. The van der Waals surface area contributed by atoms with Crippen molar-refractivity contribution in [2.75, 3.05) is 18.3 Å². The first-order valence-corrected chi connectivity index (χ1v) is 12.5. The Hall–Kier alpha value is -3.33. The van der Waals surface area contributed by atoms with Gasteiger partial charge in [-0.1, -0.05) is 60.7 Å². The van der Waals surface area contributed by atoms with Crippen molar-refractivity contribution in [1.82, 2.24) is 10.6 Å². The van der Waals surface area contributed by atoms with Gasteiger partial charge < -0.3 is 25.3 Å². The lowest BCUT2D eigenvalue weighted by Gasteiger charge is -2.23. The molecule has 0 bridgehead atoms. The fraction of sp³-hybridized carbons (Fsp3) is 0.333. The minimum absolute atomic E-state index is 0.0124. The molecule has 0 saturated heterocycles. The van der Waals surface area contributed by atoms with Crippen LogP contribution in [0.3, 0.4) is 0 Å². The van der Waals surface area contributed by atoms with Gasteiger partial charge in [0.15, 0.2) is 11.5 Å². The largest absolute Gasteiger partial charge is 0.548 e. The number of ketones is 1. The molecule has 33 heavy (non-hydrogen) atoms. The fourth-order valence-corrected chi connectivity index (χ4v) is 3.80. The quantitative estimate of drug-likeness (QED) is 0.436. The van der Waals surface area contributed by atoms with Crippen LogP contribution >= 0.6 is 0 Å². The normalized spacial score (nSPS) is 12.5. The zero-order valence-electron chi connectivity index (χ0n) is 18.6. The van der Waals surface area contributed by atoms with Gasteiger partial charge >= 0.3 is 6.09 Å². The second-order valence-corrected chi connectivity index (χ2v) is 9.96. The molecule has 0 fully saturated rings. The van der Waals surface area contributed by atoms with Crippen molar-refractivity contribution in [2.45, 2.75) is 31.5 Å². The molecule has 0 radical (unpaired) electrons. The summed E-state index contributed by atoms with van der Waals surface area (Å²) in [5.41, 5.74) is 1.53. The molecule has 0 spiro atoms. The molecule has 0 heterocycles. The highest BCUT2D eigenvalue weighted by Gasteiger charge is 2.27. The van der Waals surface area contributed by atoms with Crippen LogP contribution in [0.4, 0.5) is 4.79 Å². The number of amides is 2. The highest BCUT2D eigenvalue weighted by molar-refractivity contribution is 7.96. The summed E-state index contributed by atoms with van der Waals surface area (Å²) in [5.74, 6) is -2.37. The first kappa shape index (κ1) is 25.9. The van der Waals surface area contributed by atoms with Crippen molar-refractivity contribution in [3.8, 4) is 0 Å². The van der Waals surface area contributed by atoms with Gasteiger partial charge in [0.1, 0.15) is 12.6 Å². The second-order valence-electron chi connectivity index (χ2n) is 7.70. The predicted molar refractivity (Wildman–Crippen MR) is 124 cm³/mol. The number of carboxylic acid groups (broad SMARTS) is 1. The number of benzene rings is 2. The molecular weight excluding hydrogens is 444 g/mol. The number of hydrogen-bond donors (Lipinski definition) is 2. The van der Waals surface area contributed by atoms with Crippen LogP contribution in [0, 0.1) is 0 Å². The highest BCUT2D eigenvalue weighted by Crippen LogP contribution is 2.07. The third-order valence-corrected chi connectivity index (χ3v) is 5.49. The van der Waals surface area contributed by atoms with E-state index in [0.29, 0.717) is 0 Å². The molecule has 2 amide bonds. The number of aliphatic carboxylic acids is 1. The summed E-state index contributed by atoms with van der Waals surface area (Å²) >= 11 is 0. The monoisotopic (exact) mass is 472 g/mol. The molecular formula is C24H28N2O6S. The standard InChI is InChI=1S/C24H28N2O6S/c1-33(2)16-19(27)14-21(23(29)30)25-22(28)20(13-17-9-5-3-6-10-17)26-24(31)32-15-18-11-7-4-8-12-18/h3-12,20-21H,13-16H2,1-2H3,(H2-,25,26,28,29,30,31). The van der Waals surface area contributed by atoms with Gasteiger partial charge in [-0.05, 0) is 22.0 Å². The lowest BCUT2D eigenvalue weighted by Crippen LogP contribution is -2.55. The Bertz CT molecular complexity index is 936. The van der Waals surface area contributed by atoms with E-state index in [1.165, 1.54) is 0 Å². The number of rotatable bonds is 12. The van der Waals surface area contributed by atoms with Gasteiger partial charge in [0.2, 0.25) is 5.91 Å². The Balaban J connectivity index is 2.07. The summed E-state index contributed by atoms with van der Waals surface area (Å²) in [7, 11) is -0.199. The Morgan fingerprint density at radius 1 is 0.879 bits per heavy atom. The molecule has 2 atom stereocenters. The van der Waals surface area contributed by atoms with Crippen LogP contribution in [0.25, 0.3) is 0 Å². The van der Waals surface area contributed by atoms with Crippen molar-refractivity contribution in [3.63, 3.8) is 0 Å². The number of hydrogen-bond acceptors (Lipinski definition) is 6. The van der Waals surface area contributed by atoms with Gasteiger partial charge in [-0.25, -0.2) is 4.79 Å². The van der Waals surface area contributed by atoms with Crippen LogP contribution in [0.15, 0.2) is 60.7 Å². The number of carboxylic acids is 1. The lowest BCUT2D eigenvalue weighted by molar-refractivity contribution is -0.308. The van der Waals surface area contributed by atoms with Gasteiger partial charge in [-0.15, -0.1) is 0 Å². The summed E-state index contributed by atoms with van der Waals surface area (Å²) in [6.45, 7) is 0.0124. The summed E-state index contributed by atoms with van der Waals surface area (Å²) in [4.78, 5) is 48.9. The predicted octanol–water partition coefficient (Wildman–Crippen LogP) is 0.596. The van der Waals surface area contributed by atoms with Gasteiger partial charge in [-0.3, -0.25) is 9.59 Å². The average molecular weight is 473 g/mol. The molecule has 176 valence electrons. The van der Waals surface area contributed by atoms with E-state index in [2.05, 4.69) is 10.6 Å². The highest BCUT2D eigenvalue weighted by atomic mass is 32.2. The van der Waals surface area contributed by atoms with Crippen molar-refractivity contribution in [1.29, 1.82) is 0 Å². The Morgan fingerprint density at radius 3 is 2.00 bits per heavy atom. The van der Waals surface area contributed by atoms with Crippen LogP contribution in [-0.4, -0.2) is 54.1 Å². The minimum Gasteiger partial charge on any atom is -0.548 e. The smallest absolute Gasteiger partial charge is 0.408 e. The number of carbonyl (C=O) groups excluding carboxylic acids is 4. The van der Waals surface area contributed by atoms with E-state index in [-0.39, 0.29) is 41.9 Å². The minimum atomic E-state index is -1.56. The van der Waals surface area contributed by atoms with E-state index in [4.69, 9.17) is 4.74 Å². The summed E-state index contributed by atoms with van der Waals surface area (Å²) < 4.78 is 5.20. The zero-order chi connectivity index (χ0) is 24.2. The average Bonchev–Trinajstić information content (AvgIpc) is 2.77. The van der Waals surface area contributed by atoms with Gasteiger partial charge in [0, 0.05) is 12.8 Å². The summed E-state index contributed by atoms with van der Waals surface area (Å²) in [5, 5.41) is 16.4. The Morgan fingerprint density at radius 2 is 1.45 bits per heavy atom. The maximum absolute atomic E-state index is 12.9. The molecule has 8 nitrogen and oxygen atoms in total. The number of ether oxygens (including phenoxy) is 1. The van der Waals surface area contributed by atoms with Crippen LogP contribution < -0.4 is 15.7 Å². The SMILES string of the molecule is C[S+](C)CC(=O)CC(NC(=O)C(Cc1ccccc1)NC(=O)OCc1ccccc1)C(=O)[O-]. The lowest BCUT2D eigenvalue weighted by atomic mass is 10.0. The van der Waals surface area contributed by atoms with E-state index in [1.807, 2.05) is 36.8 Å². The van der Waals surface area contributed by atoms with Crippen molar-refractivity contribution in [2.24, 2.45) is 0 Å². The molecule has 2 aromatic rings. The van der Waals surface area contributed by atoms with Gasteiger partial charge in [0.05, 0.1) is 24.5 Å². The Kier molecular flexibility index (Phi) is 10.4. The molecule has 2 N–H and O–H groups in total. The summed E-state index contributed by atoms with van der Waals surface area (Å²) in [6.07, 6.45) is 2.64. The Labute approximate surface area is 196 Å². The molecule has 2 aromatic carbocycles. The van der Waals surface area contributed by atoms with E-state index < -0.39 is 30.1 Å². The molecule has 0 aliphatic heterocycles. The molecule has 0 aromatic heterocycles. The second kappa shape index (κ2) is 13.3. The van der Waals surface area contributed by atoms with E-state index >= 15 is 0 Å². The summed E-state index contributed by atoms with van der Waals surface area (Å²) in [6, 6.07) is 15.4. The maximum atomic E-state index is 12.9. The maximum Gasteiger partial charge on any atom is 0.408 e. The van der Waals surface area contributed by atoms with E-state index in [0.717, 1.165) is 11.1 Å². The van der Waals surface area contributed by atoms with Crippen molar-refractivity contribution >= 4 is 34.6 Å². The van der Waals surface area contributed by atoms with Crippen molar-refractivity contribution in [3.05, 3.63) is 71.8 Å². The van der Waals surface area contributed by atoms with E-state index in [9.17, 15) is 24.3 Å². The van der Waals surface area contributed by atoms with Crippen LogP contribution in [0.1, 0.15) is 17.5 Å². The third-order valence-electron chi connectivity index (χ3n) is 4.59. The number of nitrogens with one attached hydrogen (secondary N) is 2. The number of alkyl carbamates (subject to hydrolysis) is 1. The number of carbonyl (C=O) groups is 4. The topological polar surface area (TPSA) is 125 Å². The van der Waals surface area contributed by atoms with Crippen LogP contribution in [-0.2, 0) is 43.0 Å². The van der Waals surface area contributed by atoms with Gasteiger partial charge in [-0.2, -0.15) is 0 Å². The third kappa shape index (κ3) is 9.78. The molecule has 2 rings (SSSR count). The molecule has 0 aliphatic carbocycles. The molecule has 9 heteroatoms. The molecule has 0 aliphatic rings. The first-order valence-electron chi connectivity index (χ1n) is 10.3. The van der Waals surface area contributed by atoms with E-state index in [1.54, 1.807) is 36.4 Å². The zero-order valence-corrected chi connectivity index (χ0v) is 19.4. The van der Waals surface area contributed by atoms with Crippen LogP contribution in [0.5, 0.6) is 0 Å². The first-order chi connectivity index (χ1) is 15.7.